The third-order valence-corrected chi connectivity index (χ3v) is 3.52. The van der Waals surface area contributed by atoms with Crippen LogP contribution < -0.4 is 16.0 Å². The smallest absolute Gasteiger partial charge is 0.227 e. The highest BCUT2D eigenvalue weighted by Gasteiger charge is 2.37. The van der Waals surface area contributed by atoms with Crippen molar-refractivity contribution in [1.29, 1.82) is 0 Å². The average Bonchev–Trinajstić information content (AvgIpc) is 2.70. The first-order valence-electron chi connectivity index (χ1n) is 5.88. The Labute approximate surface area is 108 Å². The van der Waals surface area contributed by atoms with Crippen LogP contribution in [0.3, 0.4) is 0 Å². The van der Waals surface area contributed by atoms with Gasteiger partial charge in [-0.15, -0.1) is 12.4 Å². The summed E-state index contributed by atoms with van der Waals surface area (Å²) in [4.78, 5) is 23.0. The Morgan fingerprint density at radius 2 is 2.29 bits per heavy atom. The van der Waals surface area contributed by atoms with Gasteiger partial charge in [0.1, 0.15) is 0 Å². The molecule has 0 aromatic rings. The molecule has 2 aliphatic heterocycles. The van der Waals surface area contributed by atoms with Crippen molar-refractivity contribution in [3.8, 4) is 0 Å². The standard InChI is InChI=1S/C11H19N3O2.ClH/c1-11(4-5-12-7-11)10(16)14-8-2-3-9(15)13-6-8;/h8,12H,2-7H2,1H3,(H,13,15)(H,14,16);1H. The summed E-state index contributed by atoms with van der Waals surface area (Å²) in [7, 11) is 0. The molecular weight excluding hydrogens is 242 g/mol. The lowest BCUT2D eigenvalue weighted by molar-refractivity contribution is -0.131. The van der Waals surface area contributed by atoms with E-state index in [1.165, 1.54) is 0 Å². The molecule has 2 rings (SSSR count). The van der Waals surface area contributed by atoms with Gasteiger partial charge in [-0.2, -0.15) is 0 Å². The minimum atomic E-state index is -0.276. The van der Waals surface area contributed by atoms with Crippen LogP contribution in [0.2, 0.25) is 0 Å². The third kappa shape index (κ3) is 3.33. The number of rotatable bonds is 2. The van der Waals surface area contributed by atoms with Gasteiger partial charge in [-0.3, -0.25) is 9.59 Å². The first-order valence-corrected chi connectivity index (χ1v) is 5.88. The number of carbonyl (C=O) groups is 2. The van der Waals surface area contributed by atoms with Gasteiger partial charge in [-0.05, 0) is 26.3 Å². The summed E-state index contributed by atoms with van der Waals surface area (Å²) in [6, 6.07) is 0.0997. The van der Waals surface area contributed by atoms with Crippen LogP contribution in [-0.2, 0) is 9.59 Å². The SMILES string of the molecule is CC1(C(=O)NC2CCC(=O)NC2)CCNC1.Cl. The Bertz CT molecular complexity index is 293. The van der Waals surface area contributed by atoms with Gasteiger partial charge in [0, 0.05) is 25.6 Å². The lowest BCUT2D eigenvalue weighted by Gasteiger charge is -2.28. The fourth-order valence-corrected chi connectivity index (χ4v) is 2.23. The van der Waals surface area contributed by atoms with E-state index >= 15 is 0 Å². The van der Waals surface area contributed by atoms with Gasteiger partial charge in [0.25, 0.3) is 0 Å². The molecule has 2 unspecified atom stereocenters. The zero-order valence-electron chi connectivity index (χ0n) is 10.0. The molecule has 0 aromatic heterocycles. The Hall–Kier alpha value is -0.810. The monoisotopic (exact) mass is 261 g/mol. The van der Waals surface area contributed by atoms with Gasteiger partial charge >= 0.3 is 0 Å². The highest BCUT2D eigenvalue weighted by atomic mass is 35.5. The van der Waals surface area contributed by atoms with E-state index in [1.807, 2.05) is 6.92 Å². The molecule has 0 aliphatic carbocycles. The van der Waals surface area contributed by atoms with Crippen molar-refractivity contribution >= 4 is 24.2 Å². The van der Waals surface area contributed by atoms with E-state index in [0.717, 1.165) is 25.9 Å². The van der Waals surface area contributed by atoms with Gasteiger partial charge in [-0.25, -0.2) is 0 Å². The fourth-order valence-electron chi connectivity index (χ4n) is 2.23. The topological polar surface area (TPSA) is 70.2 Å². The number of carbonyl (C=O) groups excluding carboxylic acids is 2. The van der Waals surface area contributed by atoms with E-state index in [2.05, 4.69) is 16.0 Å². The van der Waals surface area contributed by atoms with Crippen molar-refractivity contribution in [3.05, 3.63) is 0 Å². The van der Waals surface area contributed by atoms with E-state index < -0.39 is 0 Å². The molecule has 0 spiro atoms. The second kappa shape index (κ2) is 5.69. The highest BCUT2D eigenvalue weighted by Crippen LogP contribution is 2.24. The molecule has 6 heteroatoms. The molecule has 0 aromatic carbocycles. The number of amides is 2. The molecule has 5 nitrogen and oxygen atoms in total. The molecule has 0 saturated carbocycles. The number of piperidine rings is 1. The summed E-state index contributed by atoms with van der Waals surface area (Å²) in [5, 5.41) is 9.01. The van der Waals surface area contributed by atoms with Crippen LogP contribution in [0.1, 0.15) is 26.2 Å². The van der Waals surface area contributed by atoms with Crippen LogP contribution in [-0.4, -0.2) is 37.5 Å². The molecule has 98 valence electrons. The van der Waals surface area contributed by atoms with Crippen LogP contribution >= 0.6 is 12.4 Å². The lowest BCUT2D eigenvalue weighted by Crippen LogP contribution is -2.51. The van der Waals surface area contributed by atoms with Crippen molar-refractivity contribution in [2.75, 3.05) is 19.6 Å². The van der Waals surface area contributed by atoms with Gasteiger partial charge < -0.3 is 16.0 Å². The summed E-state index contributed by atoms with van der Waals surface area (Å²) in [6.07, 6.45) is 2.15. The van der Waals surface area contributed by atoms with Crippen molar-refractivity contribution in [2.45, 2.75) is 32.2 Å². The molecule has 0 bridgehead atoms. The van der Waals surface area contributed by atoms with Gasteiger partial charge in [0.05, 0.1) is 5.41 Å². The summed E-state index contributed by atoms with van der Waals surface area (Å²) < 4.78 is 0. The van der Waals surface area contributed by atoms with E-state index in [9.17, 15) is 9.59 Å². The summed E-state index contributed by atoms with van der Waals surface area (Å²) >= 11 is 0. The predicted molar refractivity (Wildman–Crippen MR) is 67.0 cm³/mol. The van der Waals surface area contributed by atoms with E-state index in [0.29, 0.717) is 13.0 Å². The van der Waals surface area contributed by atoms with Crippen LogP contribution in [0.25, 0.3) is 0 Å². The normalized spacial score (nSPS) is 32.5. The van der Waals surface area contributed by atoms with E-state index in [4.69, 9.17) is 0 Å². The van der Waals surface area contributed by atoms with Crippen molar-refractivity contribution in [1.82, 2.24) is 16.0 Å². The maximum absolute atomic E-state index is 12.1. The van der Waals surface area contributed by atoms with E-state index in [-0.39, 0.29) is 35.7 Å². The first-order chi connectivity index (χ1) is 7.60. The number of hydrogen-bond acceptors (Lipinski definition) is 3. The minimum Gasteiger partial charge on any atom is -0.354 e. The minimum absolute atomic E-state index is 0. The molecule has 0 radical (unpaired) electrons. The van der Waals surface area contributed by atoms with E-state index in [1.54, 1.807) is 0 Å². The molecule has 3 N–H and O–H groups in total. The highest BCUT2D eigenvalue weighted by molar-refractivity contribution is 5.85. The second-order valence-corrected chi connectivity index (χ2v) is 5.00. The Morgan fingerprint density at radius 3 is 2.82 bits per heavy atom. The number of halogens is 1. The summed E-state index contributed by atoms with van der Waals surface area (Å²) in [5.41, 5.74) is -0.276. The predicted octanol–water partition coefficient (Wildman–Crippen LogP) is -0.197. The Kier molecular flexibility index (Phi) is 4.77. The van der Waals surface area contributed by atoms with Crippen LogP contribution in [0.5, 0.6) is 0 Å². The molecule has 2 aliphatic rings. The van der Waals surface area contributed by atoms with Gasteiger partial charge in [0.2, 0.25) is 11.8 Å². The molecule has 2 saturated heterocycles. The zero-order chi connectivity index (χ0) is 11.6. The van der Waals surface area contributed by atoms with Crippen LogP contribution in [0.4, 0.5) is 0 Å². The second-order valence-electron chi connectivity index (χ2n) is 5.00. The third-order valence-electron chi connectivity index (χ3n) is 3.52. The Morgan fingerprint density at radius 1 is 1.53 bits per heavy atom. The van der Waals surface area contributed by atoms with Crippen LogP contribution in [0, 0.1) is 5.41 Å². The average molecular weight is 262 g/mol. The van der Waals surface area contributed by atoms with Crippen molar-refractivity contribution in [3.63, 3.8) is 0 Å². The van der Waals surface area contributed by atoms with Gasteiger partial charge in [0.15, 0.2) is 0 Å². The number of hydrogen-bond donors (Lipinski definition) is 3. The zero-order valence-corrected chi connectivity index (χ0v) is 10.9. The van der Waals surface area contributed by atoms with Gasteiger partial charge in [-0.1, -0.05) is 0 Å². The molecular formula is C11H20ClN3O2. The molecule has 2 amide bonds. The maximum atomic E-state index is 12.1. The Balaban J connectivity index is 0.00000144. The van der Waals surface area contributed by atoms with Crippen LogP contribution in [0.15, 0.2) is 0 Å². The lowest BCUT2D eigenvalue weighted by atomic mass is 9.88. The molecule has 17 heavy (non-hydrogen) atoms. The number of nitrogens with one attached hydrogen (secondary N) is 3. The first kappa shape index (κ1) is 14.3. The molecule has 2 heterocycles. The maximum Gasteiger partial charge on any atom is 0.227 e. The van der Waals surface area contributed by atoms with Crippen molar-refractivity contribution < 1.29 is 9.59 Å². The van der Waals surface area contributed by atoms with Crippen molar-refractivity contribution in [2.24, 2.45) is 5.41 Å². The molecule has 2 fully saturated rings. The quantitative estimate of drug-likeness (QED) is 0.645. The largest absolute Gasteiger partial charge is 0.354 e. The fraction of sp³-hybridized carbons (Fsp3) is 0.818. The summed E-state index contributed by atoms with van der Waals surface area (Å²) in [5.74, 6) is 0.192. The summed E-state index contributed by atoms with van der Waals surface area (Å²) in [6.45, 7) is 4.21. The molecule has 2 atom stereocenters.